The lowest BCUT2D eigenvalue weighted by molar-refractivity contribution is -0.152. The Balaban J connectivity index is 2.35. The number of ether oxygens (including phenoxy) is 1. The number of Topliss-reactive ketones (excluding diaryl/α,β-unsaturated/α-hetero) is 1. The van der Waals surface area contributed by atoms with E-state index >= 15 is 0 Å². The van der Waals surface area contributed by atoms with Crippen LogP contribution >= 0.6 is 24.0 Å². The van der Waals surface area contributed by atoms with Crippen molar-refractivity contribution in [3.05, 3.63) is 75.9 Å². The third-order valence-electron chi connectivity index (χ3n) is 4.48. The van der Waals surface area contributed by atoms with Crippen LogP contribution in [0.5, 0.6) is 0 Å². The topological polar surface area (TPSA) is 80.8 Å². The largest absolute Gasteiger partial charge is 0.460 e. The molecule has 1 amide bonds. The van der Waals surface area contributed by atoms with Gasteiger partial charge in [-0.05, 0) is 50.5 Å². The second kappa shape index (κ2) is 13.0. The van der Waals surface area contributed by atoms with Crippen LogP contribution in [0.3, 0.4) is 0 Å². The van der Waals surface area contributed by atoms with Crippen LogP contribution in [0.25, 0.3) is 6.08 Å². The molecule has 0 radical (unpaired) electrons. The van der Waals surface area contributed by atoms with E-state index in [1.54, 1.807) is 19.9 Å². The van der Waals surface area contributed by atoms with Crippen LogP contribution in [0.4, 0.5) is 0 Å². The standard InChI is InChI=1S/C26H27NO5S2/c1-5-6-12-32-25(31)23(29)20(21(28)13-17(2)3)16-27-24(30)22(34-26(27)33)15-18(4)14-19-10-8-7-9-11-19/h7-11,13-16H,5-6,12H2,1-4H3/b18-14-,20-16+,22-15+. The van der Waals surface area contributed by atoms with Gasteiger partial charge in [0.05, 0.1) is 17.1 Å². The molecule has 1 aromatic carbocycles. The highest BCUT2D eigenvalue weighted by atomic mass is 32.2. The van der Waals surface area contributed by atoms with Crippen LogP contribution in [0.1, 0.15) is 46.1 Å². The lowest BCUT2D eigenvalue weighted by atomic mass is 10.1. The van der Waals surface area contributed by atoms with E-state index < -0.39 is 29.0 Å². The molecule has 1 aliphatic heterocycles. The van der Waals surface area contributed by atoms with Crippen molar-refractivity contribution in [2.45, 2.75) is 40.5 Å². The van der Waals surface area contributed by atoms with Gasteiger partial charge in [-0.15, -0.1) is 0 Å². The minimum absolute atomic E-state index is 0.0714. The zero-order valence-electron chi connectivity index (χ0n) is 19.6. The predicted molar refractivity (Wildman–Crippen MR) is 139 cm³/mol. The summed E-state index contributed by atoms with van der Waals surface area (Å²) in [7, 11) is 0. The second-order valence-corrected chi connectivity index (χ2v) is 9.47. The first kappa shape index (κ1) is 27.1. The minimum atomic E-state index is -1.14. The fraction of sp³-hybridized carbons (Fsp3) is 0.269. The molecule has 2 rings (SSSR count). The van der Waals surface area contributed by atoms with Crippen molar-refractivity contribution in [3.63, 3.8) is 0 Å². The Morgan fingerprint density at radius 2 is 1.79 bits per heavy atom. The summed E-state index contributed by atoms with van der Waals surface area (Å²) in [6, 6.07) is 9.63. The maximum absolute atomic E-state index is 13.0. The Morgan fingerprint density at radius 3 is 2.41 bits per heavy atom. The highest BCUT2D eigenvalue weighted by Gasteiger charge is 2.34. The average Bonchev–Trinajstić information content (AvgIpc) is 3.03. The SMILES string of the molecule is CCCCOC(=O)C(=O)/C(=C/N1C(=O)/C(=C\C(C)=C/c2ccccc2)SC1=S)C(=O)C=C(C)C. The number of thioether (sulfide) groups is 1. The van der Waals surface area contributed by atoms with Crippen LogP contribution in [-0.2, 0) is 23.9 Å². The molecular weight excluding hydrogens is 470 g/mol. The van der Waals surface area contributed by atoms with Crippen molar-refractivity contribution < 1.29 is 23.9 Å². The summed E-state index contributed by atoms with van der Waals surface area (Å²) in [5, 5.41) is 0. The second-order valence-electron chi connectivity index (χ2n) is 7.80. The van der Waals surface area contributed by atoms with E-state index in [0.29, 0.717) is 16.9 Å². The number of nitrogens with zero attached hydrogens (tertiary/aromatic N) is 1. The highest BCUT2D eigenvalue weighted by Crippen LogP contribution is 2.33. The average molecular weight is 498 g/mol. The molecule has 0 N–H and O–H groups in total. The maximum Gasteiger partial charge on any atom is 0.379 e. The van der Waals surface area contributed by atoms with Crippen molar-refractivity contribution in [2.24, 2.45) is 0 Å². The number of carbonyl (C=O) groups is 4. The molecule has 0 unspecified atom stereocenters. The van der Waals surface area contributed by atoms with Crippen molar-refractivity contribution in [2.75, 3.05) is 6.61 Å². The fourth-order valence-corrected chi connectivity index (χ4v) is 4.10. The molecular formula is C26H27NO5S2. The number of unbranched alkanes of at least 4 members (excludes halogenated alkanes) is 1. The first-order valence-corrected chi connectivity index (χ1v) is 12.0. The molecule has 1 heterocycles. The Morgan fingerprint density at radius 1 is 1.12 bits per heavy atom. The molecule has 0 spiro atoms. The summed E-state index contributed by atoms with van der Waals surface area (Å²) in [6.07, 6.45) is 7.25. The zero-order valence-corrected chi connectivity index (χ0v) is 21.3. The van der Waals surface area contributed by atoms with Crippen molar-refractivity contribution in [3.8, 4) is 0 Å². The van der Waals surface area contributed by atoms with Gasteiger partial charge in [0.1, 0.15) is 0 Å². The summed E-state index contributed by atoms with van der Waals surface area (Å²) in [6.45, 7) is 7.21. The summed E-state index contributed by atoms with van der Waals surface area (Å²) >= 11 is 6.37. The normalized spacial score (nSPS) is 15.5. The van der Waals surface area contributed by atoms with Gasteiger partial charge in [-0.2, -0.15) is 0 Å². The Bertz CT molecular complexity index is 1110. The molecule has 1 saturated heterocycles. The number of esters is 1. The van der Waals surface area contributed by atoms with Crippen LogP contribution in [0, 0.1) is 0 Å². The summed E-state index contributed by atoms with van der Waals surface area (Å²) in [5.74, 6) is -3.43. The first-order chi connectivity index (χ1) is 16.1. The lowest BCUT2D eigenvalue weighted by Crippen LogP contribution is -2.29. The molecule has 6 nitrogen and oxygen atoms in total. The first-order valence-electron chi connectivity index (χ1n) is 10.8. The number of allylic oxidation sites excluding steroid dienone is 4. The third kappa shape index (κ3) is 7.74. The van der Waals surface area contributed by atoms with Crippen molar-refractivity contribution >= 4 is 57.8 Å². The van der Waals surface area contributed by atoms with E-state index in [1.165, 1.54) is 6.08 Å². The van der Waals surface area contributed by atoms with E-state index in [2.05, 4.69) is 0 Å². The molecule has 1 aromatic rings. The highest BCUT2D eigenvalue weighted by molar-refractivity contribution is 8.26. The van der Waals surface area contributed by atoms with Crippen LogP contribution in [0.15, 0.2) is 70.3 Å². The van der Waals surface area contributed by atoms with E-state index in [9.17, 15) is 19.2 Å². The van der Waals surface area contributed by atoms with E-state index in [-0.39, 0.29) is 10.9 Å². The molecule has 0 atom stereocenters. The van der Waals surface area contributed by atoms with Crippen molar-refractivity contribution in [1.29, 1.82) is 0 Å². The van der Waals surface area contributed by atoms with Gasteiger partial charge in [0.25, 0.3) is 11.7 Å². The Labute approximate surface area is 209 Å². The molecule has 0 aromatic heterocycles. The van der Waals surface area contributed by atoms with Gasteiger partial charge in [0.15, 0.2) is 10.1 Å². The van der Waals surface area contributed by atoms with Gasteiger partial charge >= 0.3 is 5.97 Å². The number of ketones is 2. The monoisotopic (exact) mass is 497 g/mol. The summed E-state index contributed by atoms with van der Waals surface area (Å²) in [4.78, 5) is 52.1. The molecule has 0 saturated carbocycles. The van der Waals surface area contributed by atoms with Gasteiger partial charge in [-0.3, -0.25) is 19.3 Å². The number of hydrogen-bond donors (Lipinski definition) is 0. The number of benzene rings is 1. The number of hydrogen-bond acceptors (Lipinski definition) is 7. The van der Waals surface area contributed by atoms with E-state index in [0.717, 1.165) is 40.4 Å². The maximum atomic E-state index is 13.0. The van der Waals surface area contributed by atoms with E-state index in [1.807, 2.05) is 50.3 Å². The van der Waals surface area contributed by atoms with Gasteiger partial charge in [0, 0.05) is 6.20 Å². The number of amides is 1. The molecule has 1 fully saturated rings. The summed E-state index contributed by atoms with van der Waals surface area (Å²) < 4.78 is 5.12. The van der Waals surface area contributed by atoms with Crippen LogP contribution in [0.2, 0.25) is 0 Å². The molecule has 8 heteroatoms. The summed E-state index contributed by atoms with van der Waals surface area (Å²) in [5.41, 5.74) is 1.97. The Kier molecular flexibility index (Phi) is 10.3. The van der Waals surface area contributed by atoms with Crippen molar-refractivity contribution in [1.82, 2.24) is 4.90 Å². The number of thiocarbonyl (C=S) groups is 1. The molecule has 0 bridgehead atoms. The number of rotatable bonds is 10. The van der Waals surface area contributed by atoms with Crippen LogP contribution < -0.4 is 0 Å². The third-order valence-corrected chi connectivity index (χ3v) is 5.81. The lowest BCUT2D eigenvalue weighted by Gasteiger charge is -2.11. The predicted octanol–water partition coefficient (Wildman–Crippen LogP) is 5.17. The zero-order chi connectivity index (χ0) is 25.3. The van der Waals surface area contributed by atoms with Gasteiger partial charge in [-0.1, -0.05) is 79.3 Å². The number of carbonyl (C=O) groups excluding carboxylic acids is 4. The molecule has 178 valence electrons. The van der Waals surface area contributed by atoms with Crippen LogP contribution in [-0.4, -0.2) is 39.3 Å². The molecule has 0 aliphatic carbocycles. The quantitative estimate of drug-likeness (QED) is 0.0839. The smallest absolute Gasteiger partial charge is 0.379 e. The van der Waals surface area contributed by atoms with E-state index in [4.69, 9.17) is 17.0 Å². The Hall–Kier alpha value is -3.10. The minimum Gasteiger partial charge on any atom is -0.460 e. The van der Waals surface area contributed by atoms with Gasteiger partial charge in [0.2, 0.25) is 0 Å². The van der Waals surface area contributed by atoms with Gasteiger partial charge in [-0.25, -0.2) is 4.79 Å². The van der Waals surface area contributed by atoms with Gasteiger partial charge < -0.3 is 4.74 Å². The molecule has 34 heavy (non-hydrogen) atoms. The fourth-order valence-electron chi connectivity index (χ4n) is 2.84. The molecule has 1 aliphatic rings.